The number of carbonyl (C=O) groups excluding carboxylic acids is 2. The lowest BCUT2D eigenvalue weighted by Crippen LogP contribution is -2.70. The molecule has 1 unspecified atom stereocenters. The molecule has 10 heteroatoms. The number of aliphatic hydroxyl groups excluding tert-OH is 1. The summed E-state index contributed by atoms with van der Waals surface area (Å²) < 4.78 is 49.2. The minimum Gasteiger partial charge on any atom is -0.390 e. The smallest absolute Gasteiger partial charge is 0.226 e. The van der Waals surface area contributed by atoms with Gasteiger partial charge in [-0.05, 0) is 61.5 Å². The van der Waals surface area contributed by atoms with Crippen LogP contribution < -0.4 is 0 Å². The number of hydroxylamine groups is 2. The number of carbonyl (C=O) groups is 2. The van der Waals surface area contributed by atoms with Gasteiger partial charge in [0.25, 0.3) is 0 Å². The minimum atomic E-state index is -2.25. The van der Waals surface area contributed by atoms with Crippen molar-refractivity contribution in [1.82, 2.24) is 9.63 Å². The summed E-state index contributed by atoms with van der Waals surface area (Å²) in [6.45, 7) is 4.15. The van der Waals surface area contributed by atoms with Gasteiger partial charge in [0.05, 0.1) is 12.6 Å². The minimum absolute atomic E-state index is 0.0610. The van der Waals surface area contributed by atoms with Crippen molar-refractivity contribution >= 4 is 33.6 Å². The van der Waals surface area contributed by atoms with E-state index in [2.05, 4.69) is 0 Å². The van der Waals surface area contributed by atoms with Crippen molar-refractivity contribution in [2.45, 2.75) is 63.2 Å². The molecule has 1 saturated heterocycles. The van der Waals surface area contributed by atoms with Gasteiger partial charge in [0.1, 0.15) is 12.2 Å². The highest BCUT2D eigenvalue weighted by molar-refractivity contribution is 8.13. The van der Waals surface area contributed by atoms with Crippen LogP contribution in [0.1, 0.15) is 38.7 Å². The number of hydrogen-bond acceptors (Lipinski definition) is 6. The monoisotopic (exact) mass is 600 g/mol. The number of allylic oxidation sites excluding steroid dienone is 4. The molecular weight excluding hydrogens is 565 g/mol. The molecule has 5 aliphatic rings. The molecular formula is C32H35F3N2O4S. The summed E-state index contributed by atoms with van der Waals surface area (Å²) in [4.78, 5) is 32.7. The number of hydrogen-bond donors (Lipinski definition) is 1. The van der Waals surface area contributed by atoms with Crippen molar-refractivity contribution in [3.8, 4) is 0 Å². The Balaban J connectivity index is 1.28. The van der Waals surface area contributed by atoms with Gasteiger partial charge >= 0.3 is 0 Å². The fourth-order valence-electron chi connectivity index (χ4n) is 9.65. The van der Waals surface area contributed by atoms with Gasteiger partial charge in [-0.3, -0.25) is 14.4 Å². The average molecular weight is 601 g/mol. The normalized spacial score (nSPS) is 42.7. The van der Waals surface area contributed by atoms with Crippen molar-refractivity contribution in [1.29, 1.82) is 0 Å². The molecule has 7 rings (SSSR count). The maximum atomic E-state index is 17.6. The summed E-state index contributed by atoms with van der Waals surface area (Å²) in [6, 6.07) is 7.06. The van der Waals surface area contributed by atoms with Crippen molar-refractivity contribution in [2.75, 3.05) is 12.6 Å². The lowest BCUT2D eigenvalue weighted by Gasteiger charge is -2.63. The van der Waals surface area contributed by atoms with Crippen molar-refractivity contribution < 1.29 is 32.7 Å². The summed E-state index contributed by atoms with van der Waals surface area (Å²) >= 11 is 0.544. The standard InChI is InChI=1S/C32H35F3N2O4S/c1-29-9-8-20(38)11-24(29)25(34)12-23-22-10-19-16-37(15-18-14-36(3)26-7-5-4-6-21(18)26)41-32(19,28(40)42-17-33)30(22,2)13-27(39)31(23,29)35/h4-9,11,14,19,22-23,25,27,39H,10,12-13,15-17H2,1-3H3/t19-,22-,23-,25-,27-,29-,30?,31-,32-/m0/s1. The second-order valence-electron chi connectivity index (χ2n) is 13.3. The molecule has 224 valence electrons. The number of halogens is 3. The Labute approximate surface area is 246 Å². The molecule has 1 aromatic carbocycles. The Bertz CT molecular complexity index is 1560. The Morgan fingerprint density at radius 2 is 1.98 bits per heavy atom. The Kier molecular flexibility index (Phi) is 6.28. The molecule has 1 N–H and O–H groups in total. The third kappa shape index (κ3) is 3.41. The third-order valence-corrected chi connectivity index (χ3v) is 12.2. The van der Waals surface area contributed by atoms with Crippen LogP contribution in [0, 0.1) is 28.6 Å². The summed E-state index contributed by atoms with van der Waals surface area (Å²) in [5, 5.41) is 14.0. The van der Waals surface area contributed by atoms with Crippen LogP contribution in [-0.4, -0.2) is 61.7 Å². The van der Waals surface area contributed by atoms with E-state index in [0.29, 0.717) is 31.3 Å². The second kappa shape index (κ2) is 9.30. The van der Waals surface area contributed by atoms with Crippen LogP contribution in [0.15, 0.2) is 54.3 Å². The largest absolute Gasteiger partial charge is 0.390 e. The molecule has 1 aromatic heterocycles. The average Bonchev–Trinajstić information content (AvgIpc) is 3.55. The highest BCUT2D eigenvalue weighted by Crippen LogP contribution is 2.73. The molecule has 9 atom stereocenters. The van der Waals surface area contributed by atoms with Crippen molar-refractivity contribution in [3.63, 3.8) is 0 Å². The molecule has 0 bridgehead atoms. The number of aryl methyl sites for hydroxylation is 1. The highest BCUT2D eigenvalue weighted by Gasteiger charge is 2.79. The van der Waals surface area contributed by atoms with Gasteiger partial charge in [-0.15, -0.1) is 0 Å². The molecule has 0 spiro atoms. The molecule has 0 amide bonds. The quantitative estimate of drug-likeness (QED) is 0.507. The number of para-hydroxylation sites is 1. The zero-order valence-corrected chi connectivity index (χ0v) is 24.7. The lowest BCUT2D eigenvalue weighted by atomic mass is 9.44. The van der Waals surface area contributed by atoms with Crippen LogP contribution in [0.5, 0.6) is 0 Å². The van der Waals surface area contributed by atoms with E-state index in [0.717, 1.165) is 16.5 Å². The molecule has 42 heavy (non-hydrogen) atoms. The van der Waals surface area contributed by atoms with E-state index in [1.54, 1.807) is 12.0 Å². The summed E-state index contributed by atoms with van der Waals surface area (Å²) in [5.74, 6) is -2.22. The summed E-state index contributed by atoms with van der Waals surface area (Å²) in [7, 11) is 1.97. The SMILES string of the molecule is Cn1cc(CN2C[C@@H]3C[C@H]4[C@@H]5C[C@H](F)C6=CC(=O)C=C[C@]6(C)[C@@]5(F)[C@@H](O)CC4(C)[C@]3(C(=O)SCF)O2)c2ccccc21. The van der Waals surface area contributed by atoms with Gasteiger partial charge in [0.15, 0.2) is 17.1 Å². The molecule has 1 aliphatic heterocycles. The van der Waals surface area contributed by atoms with Gasteiger partial charge < -0.3 is 9.67 Å². The first-order valence-corrected chi connectivity index (χ1v) is 15.6. The van der Waals surface area contributed by atoms with E-state index in [-0.39, 0.29) is 18.4 Å². The van der Waals surface area contributed by atoms with Gasteiger partial charge in [-0.1, -0.05) is 43.0 Å². The number of alkyl halides is 3. The third-order valence-electron chi connectivity index (χ3n) is 11.5. The molecule has 4 aliphatic carbocycles. The van der Waals surface area contributed by atoms with Gasteiger partial charge in [-0.2, -0.15) is 5.06 Å². The number of thioether (sulfide) groups is 1. The van der Waals surface area contributed by atoms with Crippen LogP contribution in [0.3, 0.4) is 0 Å². The topological polar surface area (TPSA) is 71.8 Å². The molecule has 2 aromatic rings. The zero-order chi connectivity index (χ0) is 29.8. The van der Waals surface area contributed by atoms with Crippen LogP contribution >= 0.6 is 11.8 Å². The maximum Gasteiger partial charge on any atom is 0.226 e. The number of nitrogens with zero attached hydrogens (tertiary/aromatic N) is 2. The molecule has 4 fully saturated rings. The highest BCUT2D eigenvalue weighted by atomic mass is 32.2. The molecule has 3 saturated carbocycles. The summed E-state index contributed by atoms with van der Waals surface area (Å²) in [5.41, 5.74) is -4.19. The fourth-order valence-corrected chi connectivity index (χ4v) is 10.4. The van der Waals surface area contributed by atoms with Crippen LogP contribution in [-0.2, 0) is 28.0 Å². The van der Waals surface area contributed by atoms with Gasteiger partial charge in [0, 0.05) is 53.4 Å². The lowest BCUT2D eigenvalue weighted by molar-refractivity contribution is -0.266. The molecule has 0 radical (unpaired) electrons. The predicted octanol–water partition coefficient (Wildman–Crippen LogP) is 5.40. The zero-order valence-electron chi connectivity index (χ0n) is 23.9. The van der Waals surface area contributed by atoms with E-state index in [4.69, 9.17) is 4.84 Å². The summed E-state index contributed by atoms with van der Waals surface area (Å²) in [6.07, 6.45) is 2.80. The second-order valence-corrected chi connectivity index (χ2v) is 14.1. The Hall–Kier alpha value is -2.40. The Morgan fingerprint density at radius 1 is 1.21 bits per heavy atom. The molecule has 2 heterocycles. The van der Waals surface area contributed by atoms with Gasteiger partial charge in [0.2, 0.25) is 5.12 Å². The number of aliphatic hydroxyl groups is 1. The van der Waals surface area contributed by atoms with E-state index in [1.165, 1.54) is 18.2 Å². The van der Waals surface area contributed by atoms with E-state index in [1.807, 2.05) is 49.0 Å². The number of benzene rings is 1. The number of aromatic nitrogens is 1. The maximum absolute atomic E-state index is 17.6. The number of rotatable bonds is 4. The van der Waals surface area contributed by atoms with Crippen LogP contribution in [0.25, 0.3) is 10.9 Å². The van der Waals surface area contributed by atoms with Crippen molar-refractivity contribution in [2.24, 2.45) is 35.6 Å². The number of ketones is 1. The first kappa shape index (κ1) is 28.4. The fraction of sp³-hybridized carbons (Fsp3) is 0.562. The van der Waals surface area contributed by atoms with E-state index >= 15 is 8.78 Å². The number of fused-ring (bicyclic) bond motifs is 8. The van der Waals surface area contributed by atoms with Crippen LogP contribution in [0.4, 0.5) is 13.2 Å². The van der Waals surface area contributed by atoms with Crippen LogP contribution in [0.2, 0.25) is 0 Å². The Morgan fingerprint density at radius 3 is 2.74 bits per heavy atom. The van der Waals surface area contributed by atoms with Gasteiger partial charge in [-0.25, -0.2) is 13.2 Å². The predicted molar refractivity (Wildman–Crippen MR) is 153 cm³/mol. The van der Waals surface area contributed by atoms with Crippen molar-refractivity contribution in [3.05, 3.63) is 59.8 Å². The first-order chi connectivity index (χ1) is 19.9. The molecule has 6 nitrogen and oxygen atoms in total. The van der Waals surface area contributed by atoms with E-state index < -0.39 is 69.0 Å². The van der Waals surface area contributed by atoms with E-state index in [9.17, 15) is 19.1 Å². The first-order valence-electron chi connectivity index (χ1n) is 14.6.